The molecular formula is C14H19NO4S2. The van der Waals surface area contributed by atoms with E-state index in [9.17, 15) is 13.2 Å². The maximum absolute atomic E-state index is 12.2. The monoisotopic (exact) mass is 329 g/mol. The van der Waals surface area contributed by atoms with E-state index in [-0.39, 0.29) is 29.2 Å². The number of benzene rings is 1. The third kappa shape index (κ3) is 4.14. The predicted molar refractivity (Wildman–Crippen MR) is 83.5 cm³/mol. The zero-order valence-corrected chi connectivity index (χ0v) is 13.7. The van der Waals surface area contributed by atoms with Crippen LogP contribution in [0.15, 0.2) is 29.2 Å². The van der Waals surface area contributed by atoms with E-state index in [0.717, 1.165) is 10.6 Å². The molecular weight excluding hydrogens is 310 g/mol. The van der Waals surface area contributed by atoms with Gasteiger partial charge in [0.2, 0.25) is 5.91 Å². The molecule has 1 aliphatic heterocycles. The number of nitrogens with zero attached hydrogens (tertiary/aromatic N) is 1. The first kappa shape index (κ1) is 16.2. The minimum atomic E-state index is -2.97. The Morgan fingerprint density at radius 1 is 1.43 bits per heavy atom. The molecule has 0 N–H and O–H groups in total. The summed E-state index contributed by atoms with van der Waals surface area (Å²) >= 11 is 1.40. The van der Waals surface area contributed by atoms with Crippen molar-refractivity contribution in [1.29, 1.82) is 0 Å². The van der Waals surface area contributed by atoms with Crippen LogP contribution in [0, 0.1) is 0 Å². The van der Waals surface area contributed by atoms with Crippen LogP contribution in [0.25, 0.3) is 0 Å². The molecule has 0 saturated carbocycles. The quantitative estimate of drug-likeness (QED) is 0.765. The van der Waals surface area contributed by atoms with Gasteiger partial charge in [-0.2, -0.15) is 0 Å². The summed E-state index contributed by atoms with van der Waals surface area (Å²) in [6.07, 6.45) is 0.532. The number of para-hydroxylation sites is 1. The van der Waals surface area contributed by atoms with Crippen molar-refractivity contribution in [2.24, 2.45) is 0 Å². The third-order valence-corrected chi connectivity index (χ3v) is 6.36. The molecule has 1 atom stereocenters. The number of methoxy groups -OCH3 is 1. The molecule has 0 spiro atoms. The second-order valence-electron chi connectivity index (χ2n) is 5.00. The third-order valence-electron chi connectivity index (χ3n) is 3.57. The van der Waals surface area contributed by atoms with Gasteiger partial charge in [-0.25, -0.2) is 8.42 Å². The molecule has 0 unspecified atom stereocenters. The van der Waals surface area contributed by atoms with Crippen molar-refractivity contribution in [2.75, 3.05) is 31.4 Å². The molecule has 0 radical (unpaired) electrons. The summed E-state index contributed by atoms with van der Waals surface area (Å²) in [5.41, 5.74) is 0. The van der Waals surface area contributed by atoms with Crippen LogP contribution >= 0.6 is 11.8 Å². The van der Waals surface area contributed by atoms with Crippen molar-refractivity contribution >= 4 is 27.5 Å². The van der Waals surface area contributed by atoms with Crippen molar-refractivity contribution in [3.63, 3.8) is 0 Å². The topological polar surface area (TPSA) is 63.7 Å². The van der Waals surface area contributed by atoms with Crippen LogP contribution in [0.1, 0.15) is 6.42 Å². The highest BCUT2D eigenvalue weighted by Gasteiger charge is 2.32. The predicted octanol–water partition coefficient (Wildman–Crippen LogP) is 1.43. The van der Waals surface area contributed by atoms with Crippen LogP contribution in [0.5, 0.6) is 5.75 Å². The average molecular weight is 329 g/mol. The van der Waals surface area contributed by atoms with E-state index in [1.807, 2.05) is 24.3 Å². The first-order valence-corrected chi connectivity index (χ1v) is 9.45. The summed E-state index contributed by atoms with van der Waals surface area (Å²) in [6, 6.07) is 7.32. The number of rotatable bonds is 5. The highest BCUT2D eigenvalue weighted by atomic mass is 32.2. The summed E-state index contributed by atoms with van der Waals surface area (Å²) in [6.45, 7) is 0. The molecule has 0 aliphatic carbocycles. The molecule has 7 heteroatoms. The van der Waals surface area contributed by atoms with Gasteiger partial charge in [-0.1, -0.05) is 12.1 Å². The fourth-order valence-electron chi connectivity index (χ4n) is 2.26. The largest absolute Gasteiger partial charge is 0.496 e. The van der Waals surface area contributed by atoms with Gasteiger partial charge < -0.3 is 9.64 Å². The summed E-state index contributed by atoms with van der Waals surface area (Å²) < 4.78 is 28.2. The van der Waals surface area contributed by atoms with Gasteiger partial charge in [-0.3, -0.25) is 4.79 Å². The van der Waals surface area contributed by atoms with Crippen molar-refractivity contribution < 1.29 is 17.9 Å². The van der Waals surface area contributed by atoms with Gasteiger partial charge in [0.25, 0.3) is 0 Å². The average Bonchev–Trinajstić information content (AvgIpc) is 2.84. The Bertz CT molecular complexity index is 615. The molecule has 0 aromatic heterocycles. The van der Waals surface area contributed by atoms with Crippen LogP contribution in [0.4, 0.5) is 0 Å². The SMILES string of the molecule is COc1ccccc1SCC(=O)N(C)[C@H]1CCS(=O)(=O)C1. The van der Waals surface area contributed by atoms with E-state index in [1.165, 1.54) is 11.8 Å². The number of hydrogen-bond donors (Lipinski definition) is 0. The van der Waals surface area contributed by atoms with Gasteiger partial charge >= 0.3 is 0 Å². The number of thioether (sulfide) groups is 1. The van der Waals surface area contributed by atoms with Crippen molar-refractivity contribution in [1.82, 2.24) is 4.90 Å². The van der Waals surface area contributed by atoms with Gasteiger partial charge in [0.05, 0.1) is 24.4 Å². The summed E-state index contributed by atoms with van der Waals surface area (Å²) in [4.78, 5) is 14.6. The lowest BCUT2D eigenvalue weighted by molar-refractivity contribution is -0.128. The molecule has 1 heterocycles. The summed E-state index contributed by atoms with van der Waals surface area (Å²) in [7, 11) is 0.299. The van der Waals surface area contributed by atoms with E-state index in [2.05, 4.69) is 0 Å². The first-order valence-electron chi connectivity index (χ1n) is 6.65. The Kier molecular flexibility index (Phi) is 5.16. The zero-order valence-electron chi connectivity index (χ0n) is 12.1. The lowest BCUT2D eigenvalue weighted by Gasteiger charge is -2.23. The highest BCUT2D eigenvalue weighted by Crippen LogP contribution is 2.29. The van der Waals surface area contributed by atoms with Crippen LogP contribution in [0.3, 0.4) is 0 Å². The number of ether oxygens (including phenoxy) is 1. The normalized spacial score (nSPS) is 20.2. The van der Waals surface area contributed by atoms with Crippen molar-refractivity contribution in [2.45, 2.75) is 17.4 Å². The fourth-order valence-corrected chi connectivity index (χ4v) is 4.99. The molecule has 2 rings (SSSR count). The van der Waals surface area contributed by atoms with Gasteiger partial charge in [0.15, 0.2) is 9.84 Å². The van der Waals surface area contributed by atoms with Crippen LogP contribution in [-0.4, -0.2) is 56.7 Å². The number of amides is 1. The Hall–Kier alpha value is -1.21. The summed E-state index contributed by atoms with van der Waals surface area (Å²) in [5.74, 6) is 1.20. The molecule has 1 aliphatic rings. The van der Waals surface area contributed by atoms with E-state index in [4.69, 9.17) is 4.74 Å². The molecule has 21 heavy (non-hydrogen) atoms. The smallest absolute Gasteiger partial charge is 0.232 e. The molecule has 1 aromatic rings. The number of carbonyl (C=O) groups is 1. The van der Waals surface area contributed by atoms with Crippen molar-refractivity contribution in [3.05, 3.63) is 24.3 Å². The van der Waals surface area contributed by atoms with E-state index >= 15 is 0 Å². The van der Waals surface area contributed by atoms with Crippen LogP contribution in [-0.2, 0) is 14.6 Å². The maximum Gasteiger partial charge on any atom is 0.232 e. The van der Waals surface area contributed by atoms with Gasteiger partial charge in [0, 0.05) is 18.0 Å². The summed E-state index contributed by atoms with van der Waals surface area (Å²) in [5, 5.41) is 0. The molecule has 116 valence electrons. The van der Waals surface area contributed by atoms with Crippen LogP contribution in [0.2, 0.25) is 0 Å². The number of hydrogen-bond acceptors (Lipinski definition) is 5. The minimum absolute atomic E-state index is 0.0620. The lowest BCUT2D eigenvalue weighted by Crippen LogP contribution is -2.38. The Morgan fingerprint density at radius 3 is 2.76 bits per heavy atom. The first-order chi connectivity index (χ1) is 9.93. The fraction of sp³-hybridized carbons (Fsp3) is 0.500. The molecule has 1 aromatic carbocycles. The second-order valence-corrected chi connectivity index (χ2v) is 8.25. The zero-order chi connectivity index (χ0) is 15.5. The molecule has 1 amide bonds. The number of sulfone groups is 1. The number of carbonyl (C=O) groups excluding carboxylic acids is 1. The molecule has 5 nitrogen and oxygen atoms in total. The van der Waals surface area contributed by atoms with Crippen LogP contribution < -0.4 is 4.74 Å². The maximum atomic E-state index is 12.2. The Balaban J connectivity index is 1.93. The highest BCUT2D eigenvalue weighted by molar-refractivity contribution is 8.00. The Morgan fingerprint density at radius 2 is 2.14 bits per heavy atom. The van der Waals surface area contributed by atoms with Gasteiger partial charge in [0.1, 0.15) is 5.75 Å². The molecule has 1 fully saturated rings. The molecule has 0 bridgehead atoms. The second kappa shape index (κ2) is 6.70. The van der Waals surface area contributed by atoms with Gasteiger partial charge in [-0.05, 0) is 18.6 Å². The lowest BCUT2D eigenvalue weighted by atomic mass is 10.2. The van der Waals surface area contributed by atoms with Gasteiger partial charge in [-0.15, -0.1) is 11.8 Å². The van der Waals surface area contributed by atoms with E-state index in [1.54, 1.807) is 19.1 Å². The standard InChI is InChI=1S/C14H19NO4S2/c1-15(11-7-8-21(17,18)10-11)14(16)9-20-13-6-4-3-5-12(13)19-2/h3-6,11H,7-10H2,1-2H3/t11-/m0/s1. The van der Waals surface area contributed by atoms with E-state index < -0.39 is 9.84 Å². The minimum Gasteiger partial charge on any atom is -0.496 e. The Labute approximate surface area is 129 Å². The molecule has 1 saturated heterocycles. The van der Waals surface area contributed by atoms with Crippen molar-refractivity contribution in [3.8, 4) is 5.75 Å². The van der Waals surface area contributed by atoms with E-state index in [0.29, 0.717) is 6.42 Å².